The molecular weight excluding hydrogens is 480 g/mol. The molecule has 0 aromatic rings. The molecule has 0 bridgehead atoms. The summed E-state index contributed by atoms with van der Waals surface area (Å²) in [7, 11) is -8.40. The van der Waals surface area contributed by atoms with Gasteiger partial charge in [0, 0.05) is 44.0 Å². The largest absolute Gasteiger partial charge is 0.492 e. The quantitative estimate of drug-likeness (QED) is 0.286. The number of rotatable bonds is 13. The van der Waals surface area contributed by atoms with E-state index in [1.165, 1.54) is 7.11 Å². The highest BCUT2D eigenvalue weighted by molar-refractivity contribution is 7.67. The van der Waals surface area contributed by atoms with Gasteiger partial charge in [-0.25, -0.2) is 13.7 Å². The van der Waals surface area contributed by atoms with Crippen LogP contribution in [0.4, 0.5) is 0 Å². The van der Waals surface area contributed by atoms with Crippen LogP contribution in [0.25, 0.3) is 0 Å². The summed E-state index contributed by atoms with van der Waals surface area (Å²) in [4.78, 5) is 0. The second kappa shape index (κ2) is 12.2. The first-order valence-corrected chi connectivity index (χ1v) is 13.4. The van der Waals surface area contributed by atoms with Crippen LogP contribution in [0.2, 0.25) is 0 Å². The Labute approximate surface area is 183 Å². The van der Waals surface area contributed by atoms with Crippen molar-refractivity contribution in [3.63, 3.8) is 0 Å². The Morgan fingerprint density at radius 1 is 0.871 bits per heavy atom. The highest BCUT2D eigenvalue weighted by atomic mass is 31.3. The van der Waals surface area contributed by atoms with Gasteiger partial charge in [0.2, 0.25) is 0 Å². The lowest BCUT2D eigenvalue weighted by molar-refractivity contribution is -0.0603. The molecule has 1 saturated carbocycles. The van der Waals surface area contributed by atoms with Crippen molar-refractivity contribution in [2.24, 2.45) is 5.92 Å². The van der Waals surface area contributed by atoms with Gasteiger partial charge in [0.05, 0.1) is 12.7 Å². The third kappa shape index (κ3) is 7.17. The SMILES string of the molecule is COC1[C@@H](COP(=O)(OC)OP(=O)(OC)OP(=O)(OC)OC)O[C@@H](C2CCC2)[C@H]1O.[B]. The van der Waals surface area contributed by atoms with Crippen LogP contribution in [-0.2, 0) is 54.4 Å². The summed E-state index contributed by atoms with van der Waals surface area (Å²) in [6.45, 7) is -0.389. The number of aliphatic hydroxyl groups is 1. The molecule has 181 valence electrons. The molecule has 3 unspecified atom stereocenters. The summed E-state index contributed by atoms with van der Waals surface area (Å²) in [6, 6.07) is 0. The van der Waals surface area contributed by atoms with E-state index in [2.05, 4.69) is 17.9 Å². The molecule has 1 heterocycles. The molecule has 1 aliphatic heterocycles. The maximum absolute atomic E-state index is 12.8. The van der Waals surface area contributed by atoms with Crippen LogP contribution in [0.15, 0.2) is 0 Å². The van der Waals surface area contributed by atoms with Crippen molar-refractivity contribution in [2.75, 3.05) is 42.2 Å². The summed E-state index contributed by atoms with van der Waals surface area (Å²) in [5.74, 6) is 0.201. The Hall–Kier alpha value is 0.355. The van der Waals surface area contributed by atoms with Crippen molar-refractivity contribution in [3.05, 3.63) is 0 Å². The minimum atomic E-state index is -4.76. The molecule has 2 fully saturated rings. The molecule has 3 radical (unpaired) electrons. The summed E-state index contributed by atoms with van der Waals surface area (Å²) in [5, 5.41) is 10.5. The highest BCUT2D eigenvalue weighted by Crippen LogP contribution is 2.72. The van der Waals surface area contributed by atoms with E-state index in [-0.39, 0.29) is 20.9 Å². The maximum atomic E-state index is 12.8. The topological polar surface area (TPSA) is 155 Å². The first-order chi connectivity index (χ1) is 14.1. The zero-order valence-corrected chi connectivity index (χ0v) is 20.7. The lowest BCUT2D eigenvalue weighted by atomic mass is 9.79. The number of phosphoric acid groups is 3. The number of ether oxygens (including phenoxy) is 2. The Bertz CT molecular complexity index is 697. The molecule has 1 saturated heterocycles. The van der Waals surface area contributed by atoms with E-state index >= 15 is 0 Å². The van der Waals surface area contributed by atoms with Crippen LogP contribution in [-0.4, -0.2) is 80.1 Å². The third-order valence-corrected chi connectivity index (χ3v) is 10.4. The van der Waals surface area contributed by atoms with E-state index < -0.39 is 47.9 Å². The molecule has 1 aliphatic carbocycles. The second-order valence-electron chi connectivity index (χ2n) is 6.55. The van der Waals surface area contributed by atoms with Crippen molar-refractivity contribution >= 4 is 31.9 Å². The normalized spacial score (nSPS) is 30.8. The van der Waals surface area contributed by atoms with Crippen LogP contribution in [0.5, 0.6) is 0 Å². The zero-order valence-electron chi connectivity index (χ0n) is 18.0. The van der Waals surface area contributed by atoms with E-state index in [0.717, 1.165) is 47.7 Å². The van der Waals surface area contributed by atoms with Crippen LogP contribution in [0.3, 0.4) is 0 Å². The van der Waals surface area contributed by atoms with Gasteiger partial charge in [-0.2, -0.15) is 8.62 Å². The van der Waals surface area contributed by atoms with Gasteiger partial charge in [0.15, 0.2) is 0 Å². The Morgan fingerprint density at radius 2 is 1.39 bits per heavy atom. The molecule has 17 heteroatoms. The van der Waals surface area contributed by atoms with Gasteiger partial charge < -0.3 is 14.6 Å². The minimum Gasteiger partial charge on any atom is -0.388 e. The van der Waals surface area contributed by atoms with Crippen molar-refractivity contribution in [3.8, 4) is 0 Å². The second-order valence-corrected chi connectivity index (χ2v) is 12.3. The van der Waals surface area contributed by atoms with Crippen molar-refractivity contribution in [1.82, 2.24) is 0 Å². The molecule has 2 aliphatic rings. The summed E-state index contributed by atoms with van der Waals surface area (Å²) >= 11 is 0. The number of phosphoric ester groups is 2. The Kier molecular flexibility index (Phi) is 11.5. The molecule has 6 atom stereocenters. The fourth-order valence-electron chi connectivity index (χ4n) is 3.09. The van der Waals surface area contributed by atoms with Gasteiger partial charge >= 0.3 is 23.5 Å². The molecule has 0 amide bonds. The third-order valence-electron chi connectivity index (χ3n) is 4.95. The first-order valence-electron chi connectivity index (χ1n) is 9.04. The molecule has 0 aromatic carbocycles. The van der Waals surface area contributed by atoms with E-state index in [0.29, 0.717) is 0 Å². The van der Waals surface area contributed by atoms with Crippen LogP contribution >= 0.6 is 23.5 Å². The lowest BCUT2D eigenvalue weighted by Gasteiger charge is -2.32. The van der Waals surface area contributed by atoms with Crippen molar-refractivity contribution in [1.29, 1.82) is 0 Å². The minimum absolute atomic E-state index is 0. The Balaban J connectivity index is 0.00000480. The molecule has 0 spiro atoms. The molecule has 0 aromatic heterocycles. The Morgan fingerprint density at radius 3 is 1.81 bits per heavy atom. The van der Waals surface area contributed by atoms with E-state index in [1.54, 1.807) is 0 Å². The zero-order chi connectivity index (χ0) is 22.6. The van der Waals surface area contributed by atoms with Gasteiger partial charge in [-0.1, -0.05) is 6.42 Å². The van der Waals surface area contributed by atoms with E-state index in [1.807, 2.05) is 0 Å². The lowest BCUT2D eigenvalue weighted by Crippen LogP contribution is -2.39. The van der Waals surface area contributed by atoms with Crippen molar-refractivity contribution < 1.29 is 59.5 Å². The number of methoxy groups -OCH3 is 1. The monoisotopic (exact) mass is 509 g/mol. The highest BCUT2D eigenvalue weighted by Gasteiger charge is 2.50. The molecule has 31 heavy (non-hydrogen) atoms. The number of hydrogen-bond acceptors (Lipinski definition) is 13. The molecule has 13 nitrogen and oxygen atoms in total. The van der Waals surface area contributed by atoms with E-state index in [4.69, 9.17) is 22.8 Å². The number of aliphatic hydroxyl groups excluding tert-OH is 1. The molecule has 1 N–H and O–H groups in total. The smallest absolute Gasteiger partial charge is 0.388 e. The predicted octanol–water partition coefficient (Wildman–Crippen LogP) is 2.51. The summed E-state index contributed by atoms with van der Waals surface area (Å²) in [6.07, 6.45) is 0.0463. The van der Waals surface area contributed by atoms with Gasteiger partial charge in [-0.3, -0.25) is 22.6 Å². The molecular formula is C14H29BO13P3. The maximum Gasteiger partial charge on any atom is 0.492 e. The van der Waals surface area contributed by atoms with E-state index in [9.17, 15) is 18.8 Å². The fraction of sp³-hybridized carbons (Fsp3) is 1.00. The van der Waals surface area contributed by atoms with Gasteiger partial charge in [0.1, 0.15) is 18.3 Å². The number of hydrogen-bond donors (Lipinski definition) is 1. The average Bonchev–Trinajstić information content (AvgIpc) is 3.00. The standard InChI is InChI=1S/C14H29O13P3.B/c1-19-14-11(25-13(12(14)15)10-7-6-8-10)9-24-29(17,22-4)27-30(18,23-5)26-28(16,20-2)21-3;/h10-15H,6-9H2,1-5H3;/t11-,12-,13+,14?,29?,30?;/m1./s1. The summed E-state index contributed by atoms with van der Waals surface area (Å²) < 4.78 is 81.7. The van der Waals surface area contributed by atoms with Gasteiger partial charge in [-0.15, -0.1) is 0 Å². The average molecular weight is 509 g/mol. The first kappa shape index (κ1) is 29.4. The van der Waals surface area contributed by atoms with Gasteiger partial charge in [0.25, 0.3) is 0 Å². The fourth-order valence-corrected chi connectivity index (χ4v) is 7.55. The van der Waals surface area contributed by atoms with Gasteiger partial charge in [-0.05, 0) is 18.8 Å². The van der Waals surface area contributed by atoms with Crippen LogP contribution in [0.1, 0.15) is 19.3 Å². The van der Waals surface area contributed by atoms with Crippen LogP contribution in [0, 0.1) is 5.92 Å². The van der Waals surface area contributed by atoms with Crippen LogP contribution < -0.4 is 0 Å². The molecule has 2 rings (SSSR count). The predicted molar refractivity (Wildman–Crippen MR) is 108 cm³/mol. The van der Waals surface area contributed by atoms with Crippen molar-refractivity contribution in [2.45, 2.75) is 43.7 Å². The summed E-state index contributed by atoms with van der Waals surface area (Å²) in [5.41, 5.74) is 0.